The first-order chi connectivity index (χ1) is 33.6. The van der Waals surface area contributed by atoms with Gasteiger partial charge in [-0.2, -0.15) is 0 Å². The van der Waals surface area contributed by atoms with E-state index in [0.717, 1.165) is 38.5 Å². The standard InChI is InChI=1S/2C27H44O7S.Ca/c2*1-3-5-6-7-8-9-10-11-12-13-14-15-18-22-33-26(28)23-20-16-17-21-24(23)27(29)34-25(19-4-2)35(30,31)32;/h2*16-17,20-21,25H,3-15,18-19,22H2,1-2H3,(H,30,31,32);/q;;+2/p-2. The molecule has 2 rings (SSSR count). The minimum atomic E-state index is -4.81. The summed E-state index contributed by atoms with van der Waals surface area (Å²) in [5.41, 5.74) is -3.82. The maximum atomic E-state index is 12.5. The van der Waals surface area contributed by atoms with Crippen molar-refractivity contribution >= 4 is 81.9 Å². The molecule has 17 heteroatoms. The zero-order chi connectivity index (χ0) is 51.9. The van der Waals surface area contributed by atoms with Crippen molar-refractivity contribution in [2.24, 2.45) is 0 Å². The number of carbonyl (C=O) groups is 4. The number of ether oxygens (including phenoxy) is 4. The van der Waals surface area contributed by atoms with Crippen molar-refractivity contribution in [3.63, 3.8) is 0 Å². The summed E-state index contributed by atoms with van der Waals surface area (Å²) < 4.78 is 88.5. The third-order valence-corrected chi connectivity index (χ3v) is 13.8. The minimum absolute atomic E-state index is 0. The SMILES string of the molecule is CCCCCCCCCCCCCCCOC(=O)c1ccccc1C(=O)OC(CCC)S(=O)(=O)[O-].CCCCCCCCCCCCCCCOC(=O)c1ccccc1C(=O)OC(CCC)S(=O)(=O)[O-].[Ca+2]. The molecule has 0 saturated heterocycles. The summed E-state index contributed by atoms with van der Waals surface area (Å²) in [6.07, 6.45) is 32.2. The van der Waals surface area contributed by atoms with E-state index in [0.29, 0.717) is 12.8 Å². The van der Waals surface area contributed by atoms with Crippen LogP contribution in [0.5, 0.6) is 0 Å². The molecule has 0 aliphatic heterocycles. The van der Waals surface area contributed by atoms with Gasteiger partial charge in [0.25, 0.3) is 0 Å². The fourth-order valence-corrected chi connectivity index (χ4v) is 9.22. The van der Waals surface area contributed by atoms with Crippen molar-refractivity contribution in [2.45, 2.75) is 231 Å². The van der Waals surface area contributed by atoms with Crippen LogP contribution in [0.25, 0.3) is 0 Å². The summed E-state index contributed by atoms with van der Waals surface area (Å²) in [5, 5.41) is 0. The van der Waals surface area contributed by atoms with Crippen LogP contribution in [0.1, 0.15) is 262 Å². The summed E-state index contributed by atoms with van der Waals surface area (Å²) in [7, 11) is -9.62. The molecule has 0 N–H and O–H groups in total. The molecule has 0 spiro atoms. The van der Waals surface area contributed by atoms with Gasteiger partial charge in [-0.25, -0.2) is 36.0 Å². The fraction of sp³-hybridized carbons (Fsp3) is 0.704. The van der Waals surface area contributed by atoms with Crippen LogP contribution in [0.3, 0.4) is 0 Å². The zero-order valence-electron chi connectivity index (χ0n) is 43.6. The third-order valence-electron chi connectivity index (χ3n) is 11.9. The van der Waals surface area contributed by atoms with Gasteiger partial charge in [0.05, 0.1) is 35.5 Å². The topological polar surface area (TPSA) is 220 Å². The first-order valence-corrected chi connectivity index (χ1v) is 29.4. The van der Waals surface area contributed by atoms with Crippen molar-refractivity contribution < 1.29 is 64.1 Å². The third kappa shape index (κ3) is 33.0. The summed E-state index contributed by atoms with van der Waals surface area (Å²) >= 11 is 0. The molecule has 14 nitrogen and oxygen atoms in total. The number of carbonyl (C=O) groups excluding carboxylic acids is 4. The van der Waals surface area contributed by atoms with Crippen LogP contribution in [0.15, 0.2) is 48.5 Å². The second-order valence-electron chi connectivity index (χ2n) is 18.1. The van der Waals surface area contributed by atoms with Gasteiger partial charge in [-0.3, -0.25) is 0 Å². The van der Waals surface area contributed by atoms with Crippen molar-refractivity contribution in [3.05, 3.63) is 70.8 Å². The molecule has 71 heavy (non-hydrogen) atoms. The maximum Gasteiger partial charge on any atom is 2.00 e. The summed E-state index contributed by atoms with van der Waals surface area (Å²) in [6, 6.07) is 11.8. The second-order valence-corrected chi connectivity index (χ2v) is 21.1. The van der Waals surface area contributed by atoms with Gasteiger partial charge in [0.2, 0.25) is 0 Å². The minimum Gasteiger partial charge on any atom is -0.745 e. The molecule has 2 aromatic carbocycles. The molecule has 0 saturated carbocycles. The molecule has 0 bridgehead atoms. The maximum absolute atomic E-state index is 12.5. The van der Waals surface area contributed by atoms with E-state index in [2.05, 4.69) is 13.8 Å². The zero-order valence-corrected chi connectivity index (χ0v) is 47.5. The van der Waals surface area contributed by atoms with Crippen molar-refractivity contribution in [1.82, 2.24) is 0 Å². The molecule has 0 amide bonds. The van der Waals surface area contributed by atoms with Gasteiger partial charge < -0.3 is 28.1 Å². The van der Waals surface area contributed by atoms with E-state index in [-0.39, 0.29) is 86.0 Å². The molecule has 0 aliphatic carbocycles. The Hall–Kier alpha value is -2.60. The summed E-state index contributed by atoms with van der Waals surface area (Å²) in [6.45, 7) is 8.31. The Morgan fingerprint density at radius 3 is 0.831 bits per heavy atom. The number of hydrogen-bond acceptors (Lipinski definition) is 14. The van der Waals surface area contributed by atoms with Gasteiger partial charge in [-0.15, -0.1) is 0 Å². The van der Waals surface area contributed by atoms with Gasteiger partial charge >= 0.3 is 61.6 Å². The second kappa shape index (κ2) is 42.7. The van der Waals surface area contributed by atoms with Gasteiger partial charge in [0.15, 0.2) is 10.9 Å². The van der Waals surface area contributed by atoms with Crippen LogP contribution in [-0.2, 0) is 39.2 Å². The van der Waals surface area contributed by atoms with E-state index >= 15 is 0 Å². The van der Waals surface area contributed by atoms with Crippen molar-refractivity contribution in [1.29, 1.82) is 0 Å². The normalized spacial score (nSPS) is 12.1. The average Bonchev–Trinajstić information content (AvgIpc) is 3.33. The van der Waals surface area contributed by atoms with Gasteiger partial charge in [-0.1, -0.05) is 219 Å². The average molecular weight is 1060 g/mol. The molecule has 0 radical (unpaired) electrons. The van der Waals surface area contributed by atoms with Crippen LogP contribution < -0.4 is 0 Å². The molecule has 0 fully saturated rings. The Bertz CT molecular complexity index is 1820. The van der Waals surface area contributed by atoms with E-state index in [9.17, 15) is 45.1 Å². The Labute approximate surface area is 457 Å². The monoisotopic (exact) mass is 1060 g/mol. The molecule has 2 atom stereocenters. The molecule has 400 valence electrons. The quantitative estimate of drug-likeness (QED) is 0.0199. The first kappa shape index (κ1) is 68.4. The van der Waals surface area contributed by atoms with Crippen molar-refractivity contribution in [2.75, 3.05) is 13.2 Å². The van der Waals surface area contributed by atoms with Crippen molar-refractivity contribution in [3.8, 4) is 0 Å². The van der Waals surface area contributed by atoms with Gasteiger partial charge in [0, 0.05) is 0 Å². The number of benzene rings is 2. The number of esters is 4. The Morgan fingerprint density at radius 2 is 0.606 bits per heavy atom. The van der Waals surface area contributed by atoms with Crippen LogP contribution in [0.2, 0.25) is 0 Å². The Morgan fingerprint density at radius 1 is 0.380 bits per heavy atom. The van der Waals surface area contributed by atoms with Gasteiger partial charge in [0.1, 0.15) is 20.2 Å². The largest absolute Gasteiger partial charge is 2.00 e. The molecular weight excluding hydrogens is 977 g/mol. The number of hydrogen-bond donors (Lipinski definition) is 0. The summed E-state index contributed by atoms with van der Waals surface area (Å²) in [4.78, 5) is 49.9. The smallest absolute Gasteiger partial charge is 0.745 e. The summed E-state index contributed by atoms with van der Waals surface area (Å²) in [5.74, 6) is -3.41. The van der Waals surface area contributed by atoms with E-state index in [1.807, 2.05) is 0 Å². The Kier molecular flexibility index (Phi) is 41.2. The van der Waals surface area contributed by atoms with E-state index in [4.69, 9.17) is 18.9 Å². The van der Waals surface area contributed by atoms with Gasteiger partial charge in [-0.05, 0) is 49.9 Å². The molecular formula is C54H86CaO14S2. The first-order valence-electron chi connectivity index (χ1n) is 26.5. The van der Waals surface area contributed by atoms with E-state index in [1.165, 1.54) is 165 Å². The van der Waals surface area contributed by atoms with Crippen LogP contribution >= 0.6 is 0 Å². The molecule has 0 aliphatic rings. The Balaban J connectivity index is 0.00000136. The molecule has 0 aromatic heterocycles. The van der Waals surface area contributed by atoms with Crippen LogP contribution in [0, 0.1) is 0 Å². The molecule has 2 unspecified atom stereocenters. The predicted molar refractivity (Wildman–Crippen MR) is 278 cm³/mol. The van der Waals surface area contributed by atoms with E-state index in [1.54, 1.807) is 26.0 Å². The number of unbranched alkanes of at least 4 members (excludes halogenated alkanes) is 24. The molecule has 2 aromatic rings. The fourth-order valence-electron chi connectivity index (χ4n) is 7.76. The van der Waals surface area contributed by atoms with E-state index < -0.39 is 55.0 Å². The van der Waals surface area contributed by atoms with Crippen LogP contribution in [-0.4, -0.2) is 112 Å². The molecule has 0 heterocycles. The number of rotatable bonds is 40. The predicted octanol–water partition coefficient (Wildman–Crippen LogP) is 13.1. The van der Waals surface area contributed by atoms with Crippen LogP contribution in [0.4, 0.5) is 0 Å².